The quantitative estimate of drug-likeness (QED) is 0.658. The topological polar surface area (TPSA) is 96.6 Å². The van der Waals surface area contributed by atoms with E-state index < -0.39 is 9.84 Å². The number of amides is 1. The number of hydrogen-bond donors (Lipinski definition) is 0. The Morgan fingerprint density at radius 1 is 1.29 bits per heavy atom. The molecule has 0 bridgehead atoms. The average Bonchev–Trinajstić information content (AvgIpc) is 3.32. The van der Waals surface area contributed by atoms with Crippen LogP contribution in [0, 0.1) is 0 Å². The van der Waals surface area contributed by atoms with Gasteiger partial charge in [0.15, 0.2) is 21.3 Å². The lowest BCUT2D eigenvalue weighted by atomic mass is 10.1. The third-order valence-electron chi connectivity index (χ3n) is 5.14. The highest BCUT2D eigenvalue weighted by molar-refractivity contribution is 7.91. The molecule has 9 heteroatoms. The van der Waals surface area contributed by atoms with Crippen molar-refractivity contribution >= 4 is 15.7 Å². The van der Waals surface area contributed by atoms with E-state index in [-0.39, 0.29) is 29.1 Å². The summed E-state index contributed by atoms with van der Waals surface area (Å²) in [5.74, 6) is 0.281. The zero-order valence-electron chi connectivity index (χ0n) is 16.2. The van der Waals surface area contributed by atoms with Gasteiger partial charge in [-0.05, 0) is 31.6 Å². The zero-order chi connectivity index (χ0) is 20.1. The summed E-state index contributed by atoms with van der Waals surface area (Å²) in [6.07, 6.45) is 3.75. The van der Waals surface area contributed by atoms with Crippen LogP contribution >= 0.6 is 0 Å². The lowest BCUT2D eigenvalue weighted by Crippen LogP contribution is -2.45. The molecule has 0 radical (unpaired) electrons. The molecule has 2 aromatic heterocycles. The number of rotatable bonds is 8. The first kappa shape index (κ1) is 20.5. The van der Waals surface area contributed by atoms with Crippen molar-refractivity contribution in [1.82, 2.24) is 19.9 Å². The molecule has 3 rings (SSSR count). The van der Waals surface area contributed by atoms with Crippen molar-refractivity contribution in [2.24, 2.45) is 0 Å². The monoisotopic (exact) mass is 406 g/mol. The molecule has 152 valence electrons. The summed E-state index contributed by atoms with van der Waals surface area (Å²) < 4.78 is 29.2. The molecule has 0 N–H and O–H groups in total. The Morgan fingerprint density at radius 3 is 2.68 bits per heavy atom. The molecule has 1 amide bonds. The van der Waals surface area contributed by atoms with Crippen LogP contribution in [0.25, 0.3) is 11.3 Å². The fourth-order valence-corrected chi connectivity index (χ4v) is 5.16. The van der Waals surface area contributed by atoms with Gasteiger partial charge in [0.05, 0.1) is 11.5 Å². The van der Waals surface area contributed by atoms with Gasteiger partial charge in [-0.1, -0.05) is 19.0 Å². The van der Waals surface area contributed by atoms with Gasteiger partial charge < -0.3 is 14.3 Å². The van der Waals surface area contributed by atoms with E-state index in [1.165, 1.54) is 0 Å². The minimum absolute atomic E-state index is 0.00427. The molecule has 1 aliphatic rings. The van der Waals surface area contributed by atoms with Gasteiger partial charge in [0.1, 0.15) is 0 Å². The van der Waals surface area contributed by atoms with E-state index in [1.54, 1.807) is 29.4 Å². The highest BCUT2D eigenvalue weighted by Crippen LogP contribution is 2.23. The Balaban J connectivity index is 1.81. The number of likely N-dealkylation sites (N-methyl/N-ethyl adjacent to an activating group) is 1. The molecule has 0 aromatic carbocycles. The van der Waals surface area contributed by atoms with E-state index in [4.69, 9.17) is 4.52 Å². The maximum absolute atomic E-state index is 13.2. The Hall–Kier alpha value is -2.26. The number of hydrogen-bond acceptors (Lipinski definition) is 7. The minimum atomic E-state index is -3.10. The van der Waals surface area contributed by atoms with Crippen molar-refractivity contribution in [1.29, 1.82) is 0 Å². The molecule has 0 aliphatic carbocycles. The Kier molecular flexibility index (Phi) is 6.46. The summed E-state index contributed by atoms with van der Waals surface area (Å²) in [5, 5.41) is 3.93. The van der Waals surface area contributed by atoms with Gasteiger partial charge in [-0.3, -0.25) is 9.78 Å². The van der Waals surface area contributed by atoms with E-state index in [1.807, 2.05) is 6.07 Å². The average molecular weight is 407 g/mol. The summed E-state index contributed by atoms with van der Waals surface area (Å²) in [6.45, 7) is 7.01. The van der Waals surface area contributed by atoms with Crippen molar-refractivity contribution in [3.63, 3.8) is 0 Å². The number of sulfone groups is 1. The van der Waals surface area contributed by atoms with Crippen LogP contribution in [0.5, 0.6) is 0 Å². The van der Waals surface area contributed by atoms with E-state index in [0.717, 1.165) is 18.7 Å². The first-order chi connectivity index (χ1) is 13.4. The predicted octanol–water partition coefficient (Wildman–Crippen LogP) is 1.71. The van der Waals surface area contributed by atoms with Gasteiger partial charge in [-0.2, -0.15) is 0 Å². The van der Waals surface area contributed by atoms with Gasteiger partial charge in [0.2, 0.25) is 0 Å². The van der Waals surface area contributed by atoms with Gasteiger partial charge in [0, 0.05) is 43.2 Å². The van der Waals surface area contributed by atoms with Gasteiger partial charge in [0.25, 0.3) is 5.91 Å². The second-order valence-corrected chi connectivity index (χ2v) is 9.13. The van der Waals surface area contributed by atoms with Crippen LogP contribution in [0.1, 0.15) is 30.8 Å². The molecular formula is C19H26N4O4S. The van der Waals surface area contributed by atoms with Crippen LogP contribution in [-0.4, -0.2) is 78.0 Å². The SMILES string of the molecule is CCN(CC)CCN(C(=O)c1cc(-c2cccnc2)on1)C1CCS(=O)(=O)C1. The number of nitrogens with zero attached hydrogens (tertiary/aromatic N) is 4. The molecule has 28 heavy (non-hydrogen) atoms. The molecule has 1 aliphatic heterocycles. The normalized spacial score (nSPS) is 18.5. The van der Waals surface area contributed by atoms with Gasteiger partial charge in [-0.15, -0.1) is 0 Å². The van der Waals surface area contributed by atoms with E-state index in [2.05, 4.69) is 28.9 Å². The molecule has 8 nitrogen and oxygen atoms in total. The third kappa shape index (κ3) is 4.77. The molecule has 0 spiro atoms. The van der Waals surface area contributed by atoms with Crippen LogP contribution < -0.4 is 0 Å². The largest absolute Gasteiger partial charge is 0.355 e. The molecular weight excluding hydrogens is 380 g/mol. The maximum Gasteiger partial charge on any atom is 0.276 e. The van der Waals surface area contributed by atoms with Crippen LogP contribution in [0.3, 0.4) is 0 Å². The number of aromatic nitrogens is 2. The van der Waals surface area contributed by atoms with Crippen molar-refractivity contribution in [2.45, 2.75) is 26.3 Å². The lowest BCUT2D eigenvalue weighted by molar-refractivity contribution is 0.0664. The van der Waals surface area contributed by atoms with Crippen molar-refractivity contribution in [2.75, 3.05) is 37.7 Å². The lowest BCUT2D eigenvalue weighted by Gasteiger charge is -2.30. The summed E-state index contributed by atoms with van der Waals surface area (Å²) in [4.78, 5) is 21.0. The molecule has 1 fully saturated rings. The van der Waals surface area contributed by atoms with E-state index in [0.29, 0.717) is 25.3 Å². The second-order valence-electron chi connectivity index (χ2n) is 6.90. The van der Waals surface area contributed by atoms with Crippen LogP contribution in [0.2, 0.25) is 0 Å². The fourth-order valence-electron chi connectivity index (χ4n) is 3.43. The number of carbonyl (C=O) groups excluding carboxylic acids is 1. The maximum atomic E-state index is 13.2. The van der Waals surface area contributed by atoms with Crippen LogP contribution in [0.15, 0.2) is 35.1 Å². The smallest absolute Gasteiger partial charge is 0.276 e. The van der Waals surface area contributed by atoms with Gasteiger partial charge >= 0.3 is 0 Å². The molecule has 1 unspecified atom stereocenters. The summed E-state index contributed by atoms with van der Waals surface area (Å²) in [7, 11) is -3.10. The summed E-state index contributed by atoms with van der Waals surface area (Å²) >= 11 is 0. The minimum Gasteiger partial charge on any atom is -0.355 e. The van der Waals surface area contributed by atoms with Crippen LogP contribution in [0.4, 0.5) is 0 Å². The number of carbonyl (C=O) groups is 1. The Labute approximate surface area is 165 Å². The van der Waals surface area contributed by atoms with Crippen molar-refractivity contribution in [3.8, 4) is 11.3 Å². The van der Waals surface area contributed by atoms with Crippen molar-refractivity contribution < 1.29 is 17.7 Å². The van der Waals surface area contributed by atoms with E-state index >= 15 is 0 Å². The molecule has 1 atom stereocenters. The van der Waals surface area contributed by atoms with E-state index in [9.17, 15) is 13.2 Å². The predicted molar refractivity (Wildman–Crippen MR) is 106 cm³/mol. The summed E-state index contributed by atoms with van der Waals surface area (Å²) in [6, 6.07) is 4.86. The first-order valence-corrected chi connectivity index (χ1v) is 11.4. The van der Waals surface area contributed by atoms with Crippen LogP contribution in [-0.2, 0) is 9.84 Å². The second kappa shape index (κ2) is 8.83. The molecule has 2 aromatic rings. The fraction of sp³-hybridized carbons (Fsp3) is 0.526. The molecule has 3 heterocycles. The Morgan fingerprint density at radius 2 is 2.07 bits per heavy atom. The van der Waals surface area contributed by atoms with Crippen molar-refractivity contribution in [3.05, 3.63) is 36.3 Å². The third-order valence-corrected chi connectivity index (χ3v) is 6.89. The highest BCUT2D eigenvalue weighted by atomic mass is 32.2. The standard InChI is InChI=1S/C19H26N4O4S/c1-3-22(4-2)9-10-23(16-7-11-28(25,26)14-16)19(24)17-12-18(27-21-17)15-6-5-8-20-13-15/h5-6,8,12-13,16H,3-4,7,9-11,14H2,1-2H3. The highest BCUT2D eigenvalue weighted by Gasteiger charge is 2.36. The zero-order valence-corrected chi connectivity index (χ0v) is 17.1. The molecule has 1 saturated heterocycles. The Bertz CT molecular complexity index is 894. The van der Waals surface area contributed by atoms with Gasteiger partial charge in [-0.25, -0.2) is 8.42 Å². The molecule has 0 saturated carbocycles. The number of pyridine rings is 1. The summed E-state index contributed by atoms with van der Waals surface area (Å²) in [5.41, 5.74) is 0.912. The first-order valence-electron chi connectivity index (χ1n) is 9.54.